The molecule has 1 spiro atoms. The summed E-state index contributed by atoms with van der Waals surface area (Å²) in [6, 6.07) is 4.23. The van der Waals surface area contributed by atoms with Gasteiger partial charge in [-0.1, -0.05) is 6.07 Å². The molecule has 6 heteroatoms. The number of aliphatic hydroxyl groups is 1. The molecule has 4 atom stereocenters. The Morgan fingerprint density at radius 1 is 1.21 bits per heavy atom. The lowest BCUT2D eigenvalue weighted by molar-refractivity contribution is -0.262. The molecule has 1 aromatic carbocycles. The molecule has 0 aromatic heterocycles. The monoisotopic (exact) mass is 387 g/mol. The van der Waals surface area contributed by atoms with E-state index in [0.717, 1.165) is 35.9 Å². The third-order valence-electron chi connectivity index (χ3n) is 7.72. The van der Waals surface area contributed by atoms with Crippen molar-refractivity contribution < 1.29 is 24.1 Å². The maximum Gasteiger partial charge on any atom is 0.206 e. The third-order valence-corrected chi connectivity index (χ3v) is 7.72. The fourth-order valence-corrected chi connectivity index (χ4v) is 6.21. The highest BCUT2D eigenvalue weighted by Gasteiger charge is 2.68. The molecular weight excluding hydrogens is 358 g/mol. The zero-order valence-corrected chi connectivity index (χ0v) is 16.6. The number of rotatable bonds is 4. The normalized spacial score (nSPS) is 37.2. The van der Waals surface area contributed by atoms with Gasteiger partial charge in [-0.25, -0.2) is 0 Å². The van der Waals surface area contributed by atoms with Gasteiger partial charge in [0.2, 0.25) is 5.79 Å². The lowest BCUT2D eigenvalue weighted by atomic mass is 9.60. The predicted octanol–water partition coefficient (Wildman–Crippen LogP) is 2.07. The van der Waals surface area contributed by atoms with Gasteiger partial charge in [0, 0.05) is 24.6 Å². The molecule has 0 bridgehead atoms. The van der Waals surface area contributed by atoms with Crippen molar-refractivity contribution in [1.82, 2.24) is 4.90 Å². The number of hydrogen-bond donors (Lipinski definition) is 1. The second-order valence-corrected chi connectivity index (χ2v) is 9.29. The van der Waals surface area contributed by atoms with Crippen LogP contribution >= 0.6 is 0 Å². The summed E-state index contributed by atoms with van der Waals surface area (Å²) in [6.07, 6.45) is 4.45. The highest BCUT2D eigenvalue weighted by atomic mass is 16.8. The predicted molar refractivity (Wildman–Crippen MR) is 102 cm³/mol. The minimum Gasteiger partial charge on any atom is -0.493 e. The van der Waals surface area contributed by atoms with Crippen LogP contribution in [0.1, 0.15) is 42.7 Å². The van der Waals surface area contributed by atoms with Crippen LogP contribution in [0, 0.1) is 5.92 Å². The molecule has 1 N–H and O–H groups in total. The largest absolute Gasteiger partial charge is 0.493 e. The van der Waals surface area contributed by atoms with E-state index >= 15 is 0 Å². The van der Waals surface area contributed by atoms with Gasteiger partial charge in [0.25, 0.3) is 0 Å². The average molecular weight is 387 g/mol. The molecule has 6 nitrogen and oxygen atoms in total. The van der Waals surface area contributed by atoms with Crippen LogP contribution in [0.4, 0.5) is 0 Å². The Balaban J connectivity index is 1.48. The van der Waals surface area contributed by atoms with E-state index in [0.29, 0.717) is 26.1 Å². The van der Waals surface area contributed by atoms with Crippen molar-refractivity contribution in [3.8, 4) is 11.5 Å². The fraction of sp³-hybridized carbons (Fsp3) is 0.727. The summed E-state index contributed by atoms with van der Waals surface area (Å²) in [4.78, 5) is 2.40. The molecule has 2 heterocycles. The Bertz CT molecular complexity index is 802. The smallest absolute Gasteiger partial charge is 0.206 e. The topological polar surface area (TPSA) is 60.4 Å². The van der Waals surface area contributed by atoms with Crippen LogP contribution < -0.4 is 9.47 Å². The maximum atomic E-state index is 12.1. The van der Waals surface area contributed by atoms with Crippen molar-refractivity contribution in [3.63, 3.8) is 0 Å². The summed E-state index contributed by atoms with van der Waals surface area (Å²) in [6.45, 7) is 2.22. The van der Waals surface area contributed by atoms with E-state index < -0.39 is 11.4 Å². The minimum absolute atomic E-state index is 0.0785. The lowest BCUT2D eigenvalue weighted by Gasteiger charge is -2.55. The molecule has 3 fully saturated rings. The van der Waals surface area contributed by atoms with E-state index in [9.17, 15) is 5.11 Å². The number of likely N-dealkylation sites (N-methyl/N-ethyl adjacent to an activating group) is 1. The van der Waals surface area contributed by atoms with Gasteiger partial charge in [-0.3, -0.25) is 4.90 Å². The molecule has 2 aliphatic heterocycles. The fourth-order valence-electron chi connectivity index (χ4n) is 6.21. The lowest BCUT2D eigenvalue weighted by Crippen LogP contribution is -2.67. The van der Waals surface area contributed by atoms with Crippen molar-refractivity contribution in [2.45, 2.75) is 61.6 Å². The molecule has 6 rings (SSSR count). The van der Waals surface area contributed by atoms with Crippen LogP contribution in [0.3, 0.4) is 0 Å². The molecule has 28 heavy (non-hydrogen) atoms. The second kappa shape index (κ2) is 5.85. The summed E-state index contributed by atoms with van der Waals surface area (Å²) in [5, 5.41) is 12.1. The van der Waals surface area contributed by atoms with Crippen molar-refractivity contribution in [2.75, 3.05) is 33.9 Å². The Morgan fingerprint density at radius 2 is 2.00 bits per heavy atom. The standard InChI is InChI=1S/C22H29NO5/c1-23(12-13-3-4-13)16-11-14-5-6-15(25-2)19-17(14)18-20(28-19)22(26-9-10-27-22)8-7-21(16,18)24/h5-6,13,16,18,20,24H,3-4,7-12H2,1-2H3. The molecule has 152 valence electrons. The van der Waals surface area contributed by atoms with Gasteiger partial charge in [0.1, 0.15) is 0 Å². The molecule has 1 aromatic rings. The molecular formula is C22H29NO5. The summed E-state index contributed by atoms with van der Waals surface area (Å²) in [7, 11) is 3.84. The number of ether oxygens (including phenoxy) is 4. The second-order valence-electron chi connectivity index (χ2n) is 9.29. The van der Waals surface area contributed by atoms with Crippen LogP contribution in [0.25, 0.3) is 0 Å². The van der Waals surface area contributed by atoms with Gasteiger partial charge < -0.3 is 24.1 Å². The third kappa shape index (κ3) is 2.23. The van der Waals surface area contributed by atoms with Gasteiger partial charge in [0.15, 0.2) is 17.6 Å². The van der Waals surface area contributed by atoms with E-state index in [2.05, 4.69) is 18.0 Å². The molecule has 1 saturated heterocycles. The number of hydrogen-bond acceptors (Lipinski definition) is 6. The van der Waals surface area contributed by atoms with Crippen LogP contribution in [0.5, 0.6) is 11.5 Å². The summed E-state index contributed by atoms with van der Waals surface area (Å²) in [5.74, 6) is 1.38. The Labute approximate surface area is 165 Å². The molecule has 5 aliphatic rings. The van der Waals surface area contributed by atoms with E-state index in [1.807, 2.05) is 6.07 Å². The molecule has 2 saturated carbocycles. The highest BCUT2D eigenvalue weighted by molar-refractivity contribution is 5.59. The molecule has 4 unspecified atom stereocenters. The highest BCUT2D eigenvalue weighted by Crippen LogP contribution is 2.62. The molecule has 0 radical (unpaired) electrons. The minimum atomic E-state index is -0.848. The molecule has 0 amide bonds. The van der Waals surface area contributed by atoms with Gasteiger partial charge in [0.05, 0.1) is 31.8 Å². The van der Waals surface area contributed by atoms with Gasteiger partial charge in [-0.05, 0) is 50.3 Å². The van der Waals surface area contributed by atoms with Crippen LogP contribution in [-0.4, -0.2) is 67.5 Å². The zero-order valence-electron chi connectivity index (χ0n) is 16.6. The summed E-state index contributed by atoms with van der Waals surface area (Å²) in [5.41, 5.74) is 1.52. The van der Waals surface area contributed by atoms with Gasteiger partial charge >= 0.3 is 0 Å². The zero-order chi connectivity index (χ0) is 19.1. The summed E-state index contributed by atoms with van der Waals surface area (Å²) >= 11 is 0. The quantitative estimate of drug-likeness (QED) is 0.854. The van der Waals surface area contributed by atoms with Crippen LogP contribution in [0.15, 0.2) is 12.1 Å². The van der Waals surface area contributed by atoms with Gasteiger partial charge in [-0.15, -0.1) is 0 Å². The Hall–Kier alpha value is -1.34. The van der Waals surface area contributed by atoms with Crippen molar-refractivity contribution in [2.24, 2.45) is 5.92 Å². The molecule has 3 aliphatic carbocycles. The maximum absolute atomic E-state index is 12.1. The van der Waals surface area contributed by atoms with E-state index in [1.165, 1.54) is 18.4 Å². The van der Waals surface area contributed by atoms with E-state index in [4.69, 9.17) is 18.9 Å². The Kier molecular flexibility index (Phi) is 3.66. The van der Waals surface area contributed by atoms with Crippen LogP contribution in [-0.2, 0) is 15.9 Å². The average Bonchev–Trinajstić information content (AvgIpc) is 3.21. The Morgan fingerprint density at radius 3 is 2.71 bits per heavy atom. The first-order chi connectivity index (χ1) is 13.6. The van der Waals surface area contributed by atoms with Crippen LogP contribution in [0.2, 0.25) is 0 Å². The van der Waals surface area contributed by atoms with Crippen molar-refractivity contribution in [1.29, 1.82) is 0 Å². The van der Waals surface area contributed by atoms with E-state index in [-0.39, 0.29) is 18.1 Å². The first-order valence-corrected chi connectivity index (χ1v) is 10.6. The van der Waals surface area contributed by atoms with Gasteiger partial charge in [-0.2, -0.15) is 0 Å². The first-order valence-electron chi connectivity index (χ1n) is 10.6. The number of nitrogens with zero attached hydrogens (tertiary/aromatic N) is 1. The first kappa shape index (κ1) is 17.5. The number of methoxy groups -OCH3 is 1. The number of fused-ring (bicyclic) bond motifs is 1. The van der Waals surface area contributed by atoms with Crippen molar-refractivity contribution >= 4 is 0 Å². The SMILES string of the molecule is COc1ccc2c3c1OC1C3C(O)(CCC13OCCO3)C(N(C)CC1CC1)C2. The van der Waals surface area contributed by atoms with Crippen molar-refractivity contribution in [3.05, 3.63) is 23.3 Å². The van der Waals surface area contributed by atoms with E-state index in [1.54, 1.807) is 7.11 Å². The summed E-state index contributed by atoms with van der Waals surface area (Å²) < 4.78 is 24.3. The number of benzene rings is 1.